The van der Waals surface area contributed by atoms with Crippen LogP contribution in [0.15, 0.2) is 34.9 Å². The highest BCUT2D eigenvalue weighted by atomic mass is 16.5. The number of amides is 2. The Bertz CT molecular complexity index is 935. The molecule has 2 amide bonds. The van der Waals surface area contributed by atoms with Crippen LogP contribution in [-0.4, -0.2) is 86.5 Å². The third-order valence-electron chi connectivity index (χ3n) is 6.35. The van der Waals surface area contributed by atoms with E-state index in [0.29, 0.717) is 43.3 Å². The highest BCUT2D eigenvalue weighted by Gasteiger charge is 2.25. The number of benzene rings is 1. The van der Waals surface area contributed by atoms with E-state index in [2.05, 4.69) is 4.90 Å². The van der Waals surface area contributed by atoms with Crippen LogP contribution in [0.3, 0.4) is 0 Å². The van der Waals surface area contributed by atoms with Crippen LogP contribution in [0.5, 0.6) is 11.5 Å². The van der Waals surface area contributed by atoms with Gasteiger partial charge < -0.3 is 23.7 Å². The van der Waals surface area contributed by atoms with Gasteiger partial charge >= 0.3 is 0 Å². The summed E-state index contributed by atoms with van der Waals surface area (Å²) in [5, 5.41) is 0. The number of carbonyl (C=O) groups is 2. The van der Waals surface area contributed by atoms with Gasteiger partial charge in [-0.3, -0.25) is 14.5 Å². The maximum Gasteiger partial charge on any atom is 0.289 e. The van der Waals surface area contributed by atoms with E-state index in [1.807, 2.05) is 21.9 Å². The lowest BCUT2D eigenvalue weighted by Crippen LogP contribution is -2.49. The number of hydrogen-bond acceptors (Lipinski definition) is 6. The lowest BCUT2D eigenvalue weighted by atomic mass is 10.0. The Morgan fingerprint density at radius 3 is 2.38 bits per heavy atom. The molecular weight excluding hydrogens is 410 g/mol. The number of nitrogens with zero attached hydrogens (tertiary/aromatic N) is 3. The van der Waals surface area contributed by atoms with Gasteiger partial charge in [-0.2, -0.15) is 0 Å². The molecule has 0 N–H and O–H groups in total. The van der Waals surface area contributed by atoms with E-state index in [9.17, 15) is 9.59 Å². The molecule has 0 saturated carbocycles. The van der Waals surface area contributed by atoms with E-state index in [0.717, 1.165) is 50.1 Å². The second kappa shape index (κ2) is 10.1. The second-order valence-corrected chi connectivity index (χ2v) is 8.25. The Labute approximate surface area is 188 Å². The van der Waals surface area contributed by atoms with Gasteiger partial charge in [0.1, 0.15) is 0 Å². The molecular formula is C24H31N3O5. The van der Waals surface area contributed by atoms with Crippen LogP contribution in [0.25, 0.3) is 0 Å². The van der Waals surface area contributed by atoms with Gasteiger partial charge in [0, 0.05) is 39.3 Å². The van der Waals surface area contributed by atoms with Crippen molar-refractivity contribution >= 4 is 11.8 Å². The van der Waals surface area contributed by atoms with Gasteiger partial charge in [-0.1, -0.05) is 0 Å². The van der Waals surface area contributed by atoms with E-state index in [1.54, 1.807) is 26.4 Å². The normalized spacial score (nSPS) is 17.1. The maximum absolute atomic E-state index is 12.8. The lowest BCUT2D eigenvalue weighted by molar-refractivity contribution is -0.130. The summed E-state index contributed by atoms with van der Waals surface area (Å²) in [5.41, 5.74) is 2.17. The molecule has 1 aromatic carbocycles. The maximum atomic E-state index is 12.8. The highest BCUT2D eigenvalue weighted by molar-refractivity contribution is 5.91. The molecule has 0 aliphatic carbocycles. The Morgan fingerprint density at radius 1 is 1.00 bits per heavy atom. The van der Waals surface area contributed by atoms with E-state index >= 15 is 0 Å². The number of carbonyl (C=O) groups excluding carboxylic acids is 2. The lowest BCUT2D eigenvalue weighted by Gasteiger charge is -2.34. The smallest absolute Gasteiger partial charge is 0.289 e. The largest absolute Gasteiger partial charge is 0.493 e. The number of ether oxygens (including phenoxy) is 2. The van der Waals surface area contributed by atoms with Crippen LogP contribution in [0.4, 0.5) is 0 Å². The Kier molecular flexibility index (Phi) is 6.99. The van der Waals surface area contributed by atoms with Crippen molar-refractivity contribution in [2.24, 2.45) is 0 Å². The summed E-state index contributed by atoms with van der Waals surface area (Å²) >= 11 is 0. The van der Waals surface area contributed by atoms with Gasteiger partial charge in [0.25, 0.3) is 5.91 Å². The van der Waals surface area contributed by atoms with E-state index in [1.165, 1.54) is 6.26 Å². The van der Waals surface area contributed by atoms with Crippen molar-refractivity contribution in [3.05, 3.63) is 47.4 Å². The predicted octanol–water partition coefficient (Wildman–Crippen LogP) is 2.07. The van der Waals surface area contributed by atoms with Crippen LogP contribution in [0.2, 0.25) is 0 Å². The predicted molar refractivity (Wildman–Crippen MR) is 119 cm³/mol. The summed E-state index contributed by atoms with van der Waals surface area (Å²) in [6, 6.07) is 7.37. The monoisotopic (exact) mass is 441 g/mol. The molecule has 2 aliphatic heterocycles. The first kappa shape index (κ1) is 22.2. The molecule has 0 bridgehead atoms. The van der Waals surface area contributed by atoms with Crippen LogP contribution < -0.4 is 9.47 Å². The number of rotatable bonds is 7. The molecule has 0 spiro atoms. The minimum absolute atomic E-state index is 0.0439. The summed E-state index contributed by atoms with van der Waals surface area (Å²) in [5.74, 6) is 1.88. The molecule has 172 valence electrons. The number of piperazine rings is 1. The van der Waals surface area contributed by atoms with Crippen molar-refractivity contribution in [2.75, 3.05) is 60.0 Å². The van der Waals surface area contributed by atoms with E-state index < -0.39 is 0 Å². The quantitative estimate of drug-likeness (QED) is 0.655. The minimum atomic E-state index is -0.0439. The topological polar surface area (TPSA) is 75.5 Å². The SMILES string of the molecule is COc1cc2c(cc1OC)CC(=O)N(CCCN1CCN(C(=O)c3ccco3)CC1)CC2. The standard InChI is InChI=1S/C24H31N3O5/c1-30-21-15-18-6-9-26(23(28)17-19(18)16-22(21)31-2)8-4-7-25-10-12-27(13-11-25)24(29)20-5-3-14-32-20/h3,5,14-16H,4,6-13,17H2,1-2H3. The number of methoxy groups -OCH3 is 2. The molecule has 0 unspecified atom stereocenters. The Morgan fingerprint density at radius 2 is 1.72 bits per heavy atom. The average Bonchev–Trinajstić information content (AvgIpc) is 3.31. The van der Waals surface area contributed by atoms with Gasteiger partial charge in [-0.05, 0) is 54.8 Å². The molecule has 4 rings (SSSR count). The number of fused-ring (bicyclic) bond motifs is 1. The summed E-state index contributed by atoms with van der Waals surface area (Å²) in [7, 11) is 3.24. The van der Waals surface area contributed by atoms with Crippen molar-refractivity contribution < 1.29 is 23.5 Å². The summed E-state index contributed by atoms with van der Waals surface area (Å²) in [6.07, 6.45) is 3.65. The molecule has 0 atom stereocenters. The minimum Gasteiger partial charge on any atom is -0.493 e. The van der Waals surface area contributed by atoms with Crippen LogP contribution in [-0.2, 0) is 17.6 Å². The molecule has 1 saturated heterocycles. The summed E-state index contributed by atoms with van der Waals surface area (Å²) in [6.45, 7) is 5.44. The van der Waals surface area contributed by atoms with Crippen LogP contribution in [0.1, 0.15) is 28.1 Å². The molecule has 3 heterocycles. The van der Waals surface area contributed by atoms with Gasteiger partial charge in [-0.25, -0.2) is 0 Å². The van der Waals surface area contributed by atoms with Crippen molar-refractivity contribution in [1.29, 1.82) is 0 Å². The van der Waals surface area contributed by atoms with Crippen molar-refractivity contribution in [2.45, 2.75) is 19.3 Å². The molecule has 8 heteroatoms. The van der Waals surface area contributed by atoms with Crippen molar-refractivity contribution in [3.8, 4) is 11.5 Å². The van der Waals surface area contributed by atoms with Gasteiger partial charge in [-0.15, -0.1) is 0 Å². The third-order valence-corrected chi connectivity index (χ3v) is 6.35. The first-order valence-corrected chi connectivity index (χ1v) is 11.2. The average molecular weight is 442 g/mol. The zero-order chi connectivity index (χ0) is 22.5. The molecule has 1 aromatic heterocycles. The Hall–Kier alpha value is -3.00. The fraction of sp³-hybridized carbons (Fsp3) is 0.500. The van der Waals surface area contributed by atoms with Gasteiger partial charge in [0.2, 0.25) is 5.91 Å². The fourth-order valence-corrected chi connectivity index (χ4v) is 4.47. The highest BCUT2D eigenvalue weighted by Crippen LogP contribution is 2.32. The summed E-state index contributed by atoms with van der Waals surface area (Å²) in [4.78, 5) is 31.4. The van der Waals surface area contributed by atoms with Gasteiger partial charge in [0.15, 0.2) is 17.3 Å². The first-order chi connectivity index (χ1) is 15.6. The molecule has 0 radical (unpaired) electrons. The molecule has 32 heavy (non-hydrogen) atoms. The second-order valence-electron chi connectivity index (χ2n) is 8.25. The molecule has 8 nitrogen and oxygen atoms in total. The third kappa shape index (κ3) is 4.91. The zero-order valence-corrected chi connectivity index (χ0v) is 18.8. The molecule has 1 fully saturated rings. The number of hydrogen-bond donors (Lipinski definition) is 0. The van der Waals surface area contributed by atoms with Crippen LogP contribution in [0, 0.1) is 0 Å². The van der Waals surface area contributed by atoms with Crippen molar-refractivity contribution in [3.63, 3.8) is 0 Å². The first-order valence-electron chi connectivity index (χ1n) is 11.2. The zero-order valence-electron chi connectivity index (χ0n) is 18.8. The van der Waals surface area contributed by atoms with E-state index in [-0.39, 0.29) is 11.8 Å². The fourth-order valence-electron chi connectivity index (χ4n) is 4.47. The van der Waals surface area contributed by atoms with Gasteiger partial charge in [0.05, 0.1) is 26.9 Å². The molecule has 2 aliphatic rings. The van der Waals surface area contributed by atoms with Crippen molar-refractivity contribution in [1.82, 2.24) is 14.7 Å². The van der Waals surface area contributed by atoms with E-state index in [4.69, 9.17) is 13.9 Å². The Balaban J connectivity index is 1.24. The summed E-state index contributed by atoms with van der Waals surface area (Å²) < 4.78 is 16.0. The number of furan rings is 1. The van der Waals surface area contributed by atoms with Crippen LogP contribution >= 0.6 is 0 Å². The molecule has 2 aromatic rings.